The van der Waals surface area contributed by atoms with E-state index in [9.17, 15) is 14.4 Å². The van der Waals surface area contributed by atoms with Crippen molar-refractivity contribution in [1.82, 2.24) is 4.90 Å². The zero-order valence-corrected chi connectivity index (χ0v) is 20.3. The first kappa shape index (κ1) is 26.4. The fourth-order valence-corrected chi connectivity index (χ4v) is 7.60. The normalized spacial score (nSPS) is 11.6. The molecule has 0 aliphatic carbocycles. The van der Waals surface area contributed by atoms with Gasteiger partial charge in [-0.1, -0.05) is 74.4 Å². The van der Waals surface area contributed by atoms with Crippen molar-refractivity contribution >= 4 is 26.1 Å². The second-order valence-electron chi connectivity index (χ2n) is 7.32. The van der Waals surface area contributed by atoms with Crippen molar-refractivity contribution in [3.05, 3.63) is 47.2 Å². The van der Waals surface area contributed by atoms with Gasteiger partial charge in [-0.05, 0) is 11.6 Å². The van der Waals surface area contributed by atoms with E-state index in [4.69, 9.17) is 9.47 Å². The summed E-state index contributed by atoms with van der Waals surface area (Å²) in [6, 6.07) is 12.7. The average molecular weight is 450 g/mol. The van der Waals surface area contributed by atoms with Crippen molar-refractivity contribution in [3.8, 4) is 0 Å². The highest BCUT2D eigenvalue weighted by atomic mass is 28.3. The molecular weight excluding hydrogens is 414 g/mol. The number of ether oxygens (including phenoxy) is 3. The summed E-state index contributed by atoms with van der Waals surface area (Å²) < 4.78 is 14.4. The first-order valence-electron chi connectivity index (χ1n) is 10.6. The number of carbonyl (C=O) groups excluding carboxylic acids is 3. The summed E-state index contributed by atoms with van der Waals surface area (Å²) in [7, 11) is 0.656. The van der Waals surface area contributed by atoms with Crippen molar-refractivity contribution < 1.29 is 28.6 Å². The molecule has 1 aromatic rings. The third-order valence-corrected chi connectivity index (χ3v) is 11.6. The molecule has 7 nitrogen and oxygen atoms in total. The van der Waals surface area contributed by atoms with Crippen molar-refractivity contribution in [1.29, 1.82) is 0 Å². The molecule has 0 aromatic heterocycles. The topological polar surface area (TPSA) is 82.1 Å². The van der Waals surface area contributed by atoms with Gasteiger partial charge in [0.15, 0.2) is 0 Å². The van der Waals surface area contributed by atoms with Crippen molar-refractivity contribution in [3.63, 3.8) is 0 Å². The van der Waals surface area contributed by atoms with E-state index in [1.54, 1.807) is 4.90 Å². The Morgan fingerprint density at radius 1 is 0.968 bits per heavy atom. The van der Waals surface area contributed by atoms with Gasteiger partial charge in [0, 0.05) is 13.1 Å². The average Bonchev–Trinajstić information content (AvgIpc) is 2.80. The Morgan fingerprint density at radius 2 is 1.58 bits per heavy atom. The van der Waals surface area contributed by atoms with Crippen LogP contribution in [0, 0.1) is 0 Å². The molecule has 0 radical (unpaired) electrons. The van der Waals surface area contributed by atoms with Crippen LogP contribution >= 0.6 is 0 Å². The first-order valence-corrected chi connectivity index (χ1v) is 13.3. The van der Waals surface area contributed by atoms with E-state index in [-0.39, 0.29) is 18.9 Å². The van der Waals surface area contributed by atoms with Gasteiger partial charge in [0.1, 0.15) is 13.0 Å². The molecule has 31 heavy (non-hydrogen) atoms. The Hall–Kier alpha value is -2.61. The summed E-state index contributed by atoms with van der Waals surface area (Å²) >= 11 is 0. The number of hydrogen-bond donors (Lipinski definition) is 0. The third-order valence-electron chi connectivity index (χ3n) is 5.86. The van der Waals surface area contributed by atoms with Gasteiger partial charge in [-0.15, -0.1) is 0 Å². The maximum atomic E-state index is 13.0. The Morgan fingerprint density at radius 3 is 2.10 bits per heavy atom. The Kier molecular flexibility index (Phi) is 11.6. The number of esters is 1. The molecule has 0 saturated heterocycles. The lowest BCUT2D eigenvalue weighted by Crippen LogP contribution is -2.43. The monoisotopic (exact) mass is 449 g/mol. The summed E-state index contributed by atoms with van der Waals surface area (Å²) in [6.45, 7) is 7.37. The number of methoxy groups -OCH3 is 2. The minimum Gasteiger partial charge on any atom is -0.469 e. The summed E-state index contributed by atoms with van der Waals surface area (Å²) in [6.07, 6.45) is 0.868. The molecule has 0 bridgehead atoms. The molecule has 0 atom stereocenters. The minimum absolute atomic E-state index is 0.0845. The van der Waals surface area contributed by atoms with Crippen LogP contribution in [0.4, 0.5) is 4.79 Å². The van der Waals surface area contributed by atoms with Crippen LogP contribution in [0.2, 0.25) is 18.1 Å². The molecule has 1 aromatic carbocycles. The standard InChI is InChI=1S/C23H35NO6Si/c1-6-31(7-2,8-3)20(14-15-30-23(27)29-5)18-24(21(25)16-22(26)28-4)17-19-12-10-9-11-13-19/h9-14H,6-8,15-18H2,1-5H3/b20-14+. The highest BCUT2D eigenvalue weighted by Gasteiger charge is 2.33. The number of amides is 1. The second kappa shape index (κ2) is 13.6. The van der Waals surface area contributed by atoms with Gasteiger partial charge in [-0.2, -0.15) is 0 Å². The van der Waals surface area contributed by atoms with E-state index in [0.29, 0.717) is 13.1 Å². The first-order chi connectivity index (χ1) is 14.8. The molecule has 0 N–H and O–H groups in total. The fraction of sp³-hybridized carbons (Fsp3) is 0.522. The van der Waals surface area contributed by atoms with E-state index in [0.717, 1.165) is 28.9 Å². The van der Waals surface area contributed by atoms with Crippen LogP contribution in [0.25, 0.3) is 0 Å². The van der Waals surface area contributed by atoms with E-state index in [1.165, 1.54) is 14.2 Å². The molecule has 1 amide bonds. The number of rotatable bonds is 12. The molecule has 0 spiro atoms. The van der Waals surface area contributed by atoms with Crippen LogP contribution in [-0.4, -0.2) is 58.4 Å². The molecule has 0 heterocycles. The largest absolute Gasteiger partial charge is 0.508 e. The number of benzene rings is 1. The Labute approximate surface area is 186 Å². The highest BCUT2D eigenvalue weighted by molar-refractivity contribution is 6.86. The fourth-order valence-electron chi connectivity index (χ4n) is 3.70. The molecule has 172 valence electrons. The molecule has 0 fully saturated rings. The summed E-state index contributed by atoms with van der Waals surface area (Å²) in [5, 5.41) is 1.14. The van der Waals surface area contributed by atoms with Gasteiger partial charge in [-0.25, -0.2) is 4.79 Å². The molecule has 0 unspecified atom stereocenters. The van der Waals surface area contributed by atoms with Gasteiger partial charge in [-0.3, -0.25) is 9.59 Å². The van der Waals surface area contributed by atoms with E-state index < -0.39 is 20.2 Å². The predicted octanol–water partition coefficient (Wildman–Crippen LogP) is 4.34. The van der Waals surface area contributed by atoms with Gasteiger partial charge in [0.25, 0.3) is 0 Å². The van der Waals surface area contributed by atoms with Crippen LogP contribution in [0.15, 0.2) is 41.6 Å². The molecule has 0 aliphatic rings. The molecule has 0 aliphatic heterocycles. The molecule has 0 saturated carbocycles. The van der Waals surface area contributed by atoms with Crippen LogP contribution in [0.3, 0.4) is 0 Å². The van der Waals surface area contributed by atoms with Crippen molar-refractivity contribution in [2.75, 3.05) is 27.4 Å². The van der Waals surface area contributed by atoms with Crippen LogP contribution in [0.1, 0.15) is 32.8 Å². The van der Waals surface area contributed by atoms with Gasteiger partial charge in [0.05, 0.1) is 22.3 Å². The van der Waals surface area contributed by atoms with Crippen LogP contribution in [-0.2, 0) is 30.3 Å². The summed E-state index contributed by atoms with van der Waals surface area (Å²) in [5.74, 6) is -0.853. The molecular formula is C23H35NO6Si. The summed E-state index contributed by atoms with van der Waals surface area (Å²) in [5.41, 5.74) is 0.975. The maximum Gasteiger partial charge on any atom is 0.508 e. The third kappa shape index (κ3) is 8.20. The van der Waals surface area contributed by atoms with Crippen molar-refractivity contribution in [2.24, 2.45) is 0 Å². The minimum atomic E-state index is -1.88. The SMILES string of the molecule is CC[Si](CC)(CC)/C(=C/COC(=O)OC)CN(Cc1ccccc1)C(=O)CC(=O)OC. The zero-order chi connectivity index (χ0) is 23.3. The lowest BCUT2D eigenvalue weighted by molar-refractivity contribution is -0.146. The second-order valence-corrected chi connectivity index (χ2v) is 12.6. The van der Waals surface area contributed by atoms with Gasteiger partial charge >= 0.3 is 12.1 Å². The van der Waals surface area contributed by atoms with Gasteiger partial charge in [0.2, 0.25) is 5.91 Å². The Balaban J connectivity index is 3.25. The highest BCUT2D eigenvalue weighted by Crippen LogP contribution is 2.30. The Bertz CT molecular complexity index is 737. The van der Waals surface area contributed by atoms with E-state index in [2.05, 4.69) is 25.5 Å². The zero-order valence-electron chi connectivity index (χ0n) is 19.3. The molecule has 1 rings (SSSR count). The van der Waals surface area contributed by atoms with Crippen molar-refractivity contribution in [2.45, 2.75) is 51.9 Å². The lowest BCUT2D eigenvalue weighted by Gasteiger charge is -2.35. The van der Waals surface area contributed by atoms with E-state index >= 15 is 0 Å². The smallest absolute Gasteiger partial charge is 0.469 e. The quantitative estimate of drug-likeness (QED) is 0.268. The van der Waals surface area contributed by atoms with Crippen LogP contribution in [0.5, 0.6) is 0 Å². The van der Waals surface area contributed by atoms with E-state index in [1.807, 2.05) is 36.4 Å². The summed E-state index contributed by atoms with van der Waals surface area (Å²) in [4.78, 5) is 37.8. The number of hydrogen-bond acceptors (Lipinski definition) is 6. The number of carbonyl (C=O) groups is 3. The molecule has 8 heteroatoms. The number of nitrogens with zero attached hydrogens (tertiary/aromatic N) is 1. The van der Waals surface area contributed by atoms with Gasteiger partial charge < -0.3 is 19.1 Å². The van der Waals surface area contributed by atoms with Crippen LogP contribution < -0.4 is 0 Å². The predicted molar refractivity (Wildman–Crippen MR) is 122 cm³/mol. The lowest BCUT2D eigenvalue weighted by atomic mass is 10.2. The maximum absolute atomic E-state index is 13.0.